The molecular weight excluding hydrogens is 284 g/mol. The molecule has 0 aromatic carbocycles. The zero-order valence-corrected chi connectivity index (χ0v) is 16.2. The van der Waals surface area contributed by atoms with E-state index in [9.17, 15) is 4.79 Å². The average molecular weight is 327 g/mol. The summed E-state index contributed by atoms with van der Waals surface area (Å²) in [6.45, 7) is 4.43. The predicted molar refractivity (Wildman–Crippen MR) is 101 cm³/mol. The van der Waals surface area contributed by atoms with Crippen molar-refractivity contribution >= 4 is 5.97 Å². The molecule has 0 radical (unpaired) electrons. The summed E-state index contributed by atoms with van der Waals surface area (Å²) in [4.78, 5) is 11.1. The number of ether oxygens (including phenoxy) is 1. The molecule has 1 atom stereocenters. The standard InChI is InChI=1S/C21H42O2/c1-4-5-6-7-8-9-10-11-12-13-14-15-16-17-18-20(2)19-21(22)23-3/h20H,4-19H2,1-3H3/t20-/m1/s1. The van der Waals surface area contributed by atoms with Gasteiger partial charge in [-0.25, -0.2) is 0 Å². The van der Waals surface area contributed by atoms with E-state index in [4.69, 9.17) is 4.74 Å². The molecule has 0 bridgehead atoms. The zero-order chi connectivity index (χ0) is 17.2. The molecule has 0 spiro atoms. The normalized spacial score (nSPS) is 12.3. The van der Waals surface area contributed by atoms with Gasteiger partial charge in [-0.05, 0) is 5.92 Å². The smallest absolute Gasteiger partial charge is 0.305 e. The molecule has 0 aliphatic carbocycles. The first-order chi connectivity index (χ1) is 11.2. The summed E-state index contributed by atoms with van der Waals surface area (Å²) in [7, 11) is 1.47. The fourth-order valence-corrected chi connectivity index (χ4v) is 3.16. The van der Waals surface area contributed by atoms with Crippen molar-refractivity contribution in [2.45, 2.75) is 117 Å². The van der Waals surface area contributed by atoms with Crippen LogP contribution in [0.15, 0.2) is 0 Å². The molecule has 0 aromatic rings. The molecule has 0 saturated carbocycles. The van der Waals surface area contributed by atoms with Gasteiger partial charge in [-0.3, -0.25) is 4.79 Å². The van der Waals surface area contributed by atoms with Gasteiger partial charge in [0.2, 0.25) is 0 Å². The molecule has 0 N–H and O–H groups in total. The van der Waals surface area contributed by atoms with Gasteiger partial charge in [0, 0.05) is 6.42 Å². The van der Waals surface area contributed by atoms with E-state index in [1.165, 1.54) is 97.0 Å². The van der Waals surface area contributed by atoms with Crippen molar-refractivity contribution in [2.24, 2.45) is 5.92 Å². The summed E-state index contributed by atoms with van der Waals surface area (Å²) in [5, 5.41) is 0. The molecule has 0 aliphatic rings. The number of rotatable bonds is 17. The largest absolute Gasteiger partial charge is 0.469 e. The molecule has 0 aliphatic heterocycles. The van der Waals surface area contributed by atoms with Crippen LogP contribution in [0.4, 0.5) is 0 Å². The lowest BCUT2D eigenvalue weighted by atomic mass is 9.99. The molecule has 0 aromatic heterocycles. The van der Waals surface area contributed by atoms with Crippen LogP contribution < -0.4 is 0 Å². The Morgan fingerprint density at radius 2 is 1.13 bits per heavy atom. The first-order valence-corrected chi connectivity index (χ1v) is 10.3. The minimum Gasteiger partial charge on any atom is -0.469 e. The Balaban J connectivity index is 3.12. The van der Waals surface area contributed by atoms with Crippen molar-refractivity contribution in [1.29, 1.82) is 0 Å². The third-order valence-electron chi connectivity index (χ3n) is 4.79. The van der Waals surface area contributed by atoms with Gasteiger partial charge in [0.25, 0.3) is 0 Å². The minimum absolute atomic E-state index is 0.0668. The fraction of sp³-hybridized carbons (Fsp3) is 0.952. The van der Waals surface area contributed by atoms with Gasteiger partial charge in [0.05, 0.1) is 7.11 Å². The van der Waals surface area contributed by atoms with Crippen molar-refractivity contribution < 1.29 is 9.53 Å². The van der Waals surface area contributed by atoms with Crippen LogP contribution in [0.1, 0.15) is 117 Å². The topological polar surface area (TPSA) is 26.3 Å². The summed E-state index contributed by atoms with van der Waals surface area (Å²) in [6.07, 6.45) is 21.3. The number of carbonyl (C=O) groups is 1. The van der Waals surface area contributed by atoms with Crippen molar-refractivity contribution in [2.75, 3.05) is 7.11 Å². The maximum atomic E-state index is 11.1. The Labute approximate surface area is 145 Å². The van der Waals surface area contributed by atoms with E-state index in [0.717, 1.165) is 6.42 Å². The Hall–Kier alpha value is -0.530. The minimum atomic E-state index is -0.0668. The van der Waals surface area contributed by atoms with E-state index in [-0.39, 0.29) is 5.97 Å². The molecule has 23 heavy (non-hydrogen) atoms. The molecule has 0 heterocycles. The van der Waals surface area contributed by atoms with Gasteiger partial charge in [-0.15, -0.1) is 0 Å². The van der Waals surface area contributed by atoms with E-state index in [1.807, 2.05) is 0 Å². The number of unbranched alkanes of at least 4 members (excludes halogenated alkanes) is 13. The summed E-state index contributed by atoms with van der Waals surface area (Å²) < 4.78 is 4.71. The van der Waals surface area contributed by atoms with Crippen molar-refractivity contribution in [3.63, 3.8) is 0 Å². The monoisotopic (exact) mass is 326 g/mol. The van der Waals surface area contributed by atoms with E-state index in [2.05, 4.69) is 13.8 Å². The Morgan fingerprint density at radius 3 is 1.52 bits per heavy atom. The number of hydrogen-bond donors (Lipinski definition) is 0. The van der Waals surface area contributed by atoms with Crippen LogP contribution in [0.2, 0.25) is 0 Å². The highest BCUT2D eigenvalue weighted by atomic mass is 16.5. The van der Waals surface area contributed by atoms with Crippen molar-refractivity contribution in [3.8, 4) is 0 Å². The van der Waals surface area contributed by atoms with Crippen LogP contribution in [0.25, 0.3) is 0 Å². The first-order valence-electron chi connectivity index (χ1n) is 10.3. The molecule has 2 nitrogen and oxygen atoms in total. The van der Waals surface area contributed by atoms with Crippen molar-refractivity contribution in [1.82, 2.24) is 0 Å². The summed E-state index contributed by atoms with van der Waals surface area (Å²) in [5.74, 6) is 0.405. The Morgan fingerprint density at radius 1 is 0.739 bits per heavy atom. The van der Waals surface area contributed by atoms with Gasteiger partial charge in [0.15, 0.2) is 0 Å². The second-order valence-electron chi connectivity index (χ2n) is 7.27. The predicted octanol–water partition coefficient (Wildman–Crippen LogP) is 7.06. The molecule has 2 heteroatoms. The van der Waals surface area contributed by atoms with Crippen molar-refractivity contribution in [3.05, 3.63) is 0 Å². The molecule has 0 rings (SSSR count). The number of carbonyl (C=O) groups excluding carboxylic acids is 1. The van der Waals surface area contributed by atoms with Gasteiger partial charge in [-0.1, -0.05) is 110 Å². The highest BCUT2D eigenvalue weighted by Crippen LogP contribution is 2.16. The summed E-state index contributed by atoms with van der Waals surface area (Å²) >= 11 is 0. The SMILES string of the molecule is CCCCCCCCCCCCCCCC[C@@H](C)CC(=O)OC. The summed E-state index contributed by atoms with van der Waals surface area (Å²) in [5.41, 5.74) is 0. The van der Waals surface area contributed by atoms with Crippen LogP contribution in [0, 0.1) is 5.92 Å². The van der Waals surface area contributed by atoms with Gasteiger partial charge in [-0.2, -0.15) is 0 Å². The Kier molecular flexibility index (Phi) is 17.4. The maximum absolute atomic E-state index is 11.1. The quantitative estimate of drug-likeness (QED) is 0.211. The van der Waals surface area contributed by atoms with Crippen LogP contribution in [0.5, 0.6) is 0 Å². The second-order valence-corrected chi connectivity index (χ2v) is 7.27. The molecule has 0 saturated heterocycles. The lowest BCUT2D eigenvalue weighted by Gasteiger charge is -2.09. The number of esters is 1. The molecule has 0 fully saturated rings. The second kappa shape index (κ2) is 17.8. The highest BCUT2D eigenvalue weighted by molar-refractivity contribution is 5.69. The maximum Gasteiger partial charge on any atom is 0.305 e. The van der Waals surface area contributed by atoms with Gasteiger partial charge in [0.1, 0.15) is 0 Å². The molecule has 138 valence electrons. The van der Waals surface area contributed by atoms with Gasteiger partial charge < -0.3 is 4.74 Å². The van der Waals surface area contributed by atoms with E-state index < -0.39 is 0 Å². The third kappa shape index (κ3) is 17.7. The number of hydrogen-bond acceptors (Lipinski definition) is 2. The fourth-order valence-electron chi connectivity index (χ4n) is 3.16. The van der Waals surface area contributed by atoms with E-state index >= 15 is 0 Å². The summed E-state index contributed by atoms with van der Waals surface area (Å²) in [6, 6.07) is 0. The van der Waals surface area contributed by atoms with Crippen LogP contribution >= 0.6 is 0 Å². The Bertz CT molecular complexity index is 250. The first kappa shape index (κ1) is 22.5. The lowest BCUT2D eigenvalue weighted by molar-refractivity contribution is -0.141. The average Bonchev–Trinajstić information content (AvgIpc) is 2.55. The van der Waals surface area contributed by atoms with Gasteiger partial charge >= 0.3 is 5.97 Å². The zero-order valence-electron chi connectivity index (χ0n) is 16.2. The van der Waals surface area contributed by atoms with Crippen LogP contribution in [-0.2, 0) is 9.53 Å². The molecule has 0 amide bonds. The molecule has 0 unspecified atom stereocenters. The number of methoxy groups -OCH3 is 1. The van der Waals surface area contributed by atoms with Crippen LogP contribution in [-0.4, -0.2) is 13.1 Å². The van der Waals surface area contributed by atoms with Crippen LogP contribution in [0.3, 0.4) is 0 Å². The third-order valence-corrected chi connectivity index (χ3v) is 4.79. The lowest BCUT2D eigenvalue weighted by Crippen LogP contribution is -2.06. The molecular formula is C21H42O2. The van der Waals surface area contributed by atoms with E-state index in [0.29, 0.717) is 12.3 Å². The van der Waals surface area contributed by atoms with E-state index in [1.54, 1.807) is 0 Å². The highest BCUT2D eigenvalue weighted by Gasteiger charge is 2.08.